The highest BCUT2D eigenvalue weighted by Crippen LogP contribution is 2.23. The van der Waals surface area contributed by atoms with E-state index in [1.54, 1.807) is 0 Å². The first kappa shape index (κ1) is 21.3. The van der Waals surface area contributed by atoms with Gasteiger partial charge in [0.25, 0.3) is 0 Å². The van der Waals surface area contributed by atoms with Gasteiger partial charge >= 0.3 is 0 Å². The van der Waals surface area contributed by atoms with Crippen molar-refractivity contribution in [1.82, 2.24) is 15.3 Å². The highest BCUT2D eigenvalue weighted by atomic mass is 35.5. The van der Waals surface area contributed by atoms with Crippen LogP contribution in [0.2, 0.25) is 5.02 Å². The molecule has 1 fully saturated rings. The number of carbonyl (C=O) groups is 1. The van der Waals surface area contributed by atoms with Gasteiger partial charge in [0, 0.05) is 42.6 Å². The van der Waals surface area contributed by atoms with Gasteiger partial charge in [-0.15, -0.1) is 0 Å². The Bertz CT molecular complexity index is 1000. The molecule has 1 N–H and O–H groups in total. The van der Waals surface area contributed by atoms with Crippen LogP contribution in [0.3, 0.4) is 0 Å². The molecule has 5 nitrogen and oxygen atoms in total. The van der Waals surface area contributed by atoms with Gasteiger partial charge < -0.3 is 10.2 Å². The molecule has 3 aromatic rings. The van der Waals surface area contributed by atoms with E-state index in [9.17, 15) is 4.79 Å². The van der Waals surface area contributed by atoms with Gasteiger partial charge in [-0.25, -0.2) is 9.97 Å². The minimum atomic E-state index is -0.0423. The Morgan fingerprint density at radius 1 is 1.06 bits per heavy atom. The number of piperidine rings is 1. The molecule has 1 atom stereocenters. The van der Waals surface area contributed by atoms with Gasteiger partial charge in [0.15, 0.2) is 0 Å². The number of amides is 1. The largest absolute Gasteiger partial charge is 0.355 e. The molecular weight excluding hydrogens is 408 g/mol. The lowest BCUT2D eigenvalue weighted by molar-refractivity contribution is -0.125. The second-order valence-corrected chi connectivity index (χ2v) is 8.53. The Kier molecular flexibility index (Phi) is 6.82. The van der Waals surface area contributed by atoms with Gasteiger partial charge in [0.2, 0.25) is 11.9 Å². The van der Waals surface area contributed by atoms with Crippen LogP contribution >= 0.6 is 11.6 Å². The van der Waals surface area contributed by atoms with Crippen molar-refractivity contribution in [2.24, 2.45) is 5.92 Å². The molecule has 6 heteroatoms. The first-order valence-electron chi connectivity index (χ1n) is 10.7. The third kappa shape index (κ3) is 5.61. The number of aromatic nitrogens is 2. The predicted molar refractivity (Wildman–Crippen MR) is 125 cm³/mol. The molecule has 1 aliphatic heterocycles. The van der Waals surface area contributed by atoms with Crippen LogP contribution in [-0.4, -0.2) is 35.5 Å². The summed E-state index contributed by atoms with van der Waals surface area (Å²) in [5, 5.41) is 3.81. The average Bonchev–Trinajstić information content (AvgIpc) is 2.81. The van der Waals surface area contributed by atoms with Gasteiger partial charge in [-0.1, -0.05) is 53.6 Å². The highest BCUT2D eigenvalue weighted by Gasteiger charge is 2.26. The van der Waals surface area contributed by atoms with E-state index in [4.69, 9.17) is 11.6 Å². The summed E-state index contributed by atoms with van der Waals surface area (Å²) < 4.78 is 0. The van der Waals surface area contributed by atoms with Crippen LogP contribution in [-0.2, 0) is 11.2 Å². The number of halogens is 1. The maximum Gasteiger partial charge on any atom is 0.225 e. The molecule has 0 bridgehead atoms. The van der Waals surface area contributed by atoms with E-state index in [1.165, 1.54) is 5.56 Å². The van der Waals surface area contributed by atoms with Crippen molar-refractivity contribution in [1.29, 1.82) is 0 Å². The summed E-state index contributed by atoms with van der Waals surface area (Å²) in [7, 11) is 0. The van der Waals surface area contributed by atoms with Gasteiger partial charge in [-0.2, -0.15) is 0 Å². The number of hydrogen-bond donors (Lipinski definition) is 1. The number of anilines is 1. The van der Waals surface area contributed by atoms with Crippen LogP contribution in [0.5, 0.6) is 0 Å². The Balaban J connectivity index is 1.31. The Morgan fingerprint density at radius 2 is 1.77 bits per heavy atom. The third-order valence-corrected chi connectivity index (χ3v) is 5.98. The third-order valence-electron chi connectivity index (χ3n) is 5.72. The average molecular weight is 435 g/mol. The Hall–Kier alpha value is -2.92. The van der Waals surface area contributed by atoms with Crippen LogP contribution in [0.4, 0.5) is 5.95 Å². The Labute approximate surface area is 188 Å². The topological polar surface area (TPSA) is 58.1 Å². The summed E-state index contributed by atoms with van der Waals surface area (Å²) in [5.41, 5.74) is 4.50. The Morgan fingerprint density at radius 3 is 2.48 bits per heavy atom. The molecular formula is C25H27ClN4O. The van der Waals surface area contributed by atoms with Crippen LogP contribution < -0.4 is 10.2 Å². The molecule has 1 aromatic heterocycles. The predicted octanol–water partition coefficient (Wildman–Crippen LogP) is 4.68. The van der Waals surface area contributed by atoms with Gasteiger partial charge in [0.1, 0.15) is 0 Å². The smallest absolute Gasteiger partial charge is 0.225 e. The van der Waals surface area contributed by atoms with Crippen LogP contribution in [0.15, 0.2) is 60.9 Å². The molecule has 160 valence electrons. The van der Waals surface area contributed by atoms with Crippen molar-refractivity contribution in [3.8, 4) is 11.1 Å². The van der Waals surface area contributed by atoms with Crippen LogP contribution in [0.1, 0.15) is 24.0 Å². The van der Waals surface area contributed by atoms with E-state index in [1.807, 2.05) is 36.7 Å². The summed E-state index contributed by atoms with van der Waals surface area (Å²) in [6.07, 6.45) is 6.37. The van der Waals surface area contributed by atoms with E-state index in [0.717, 1.165) is 47.5 Å². The van der Waals surface area contributed by atoms with E-state index < -0.39 is 0 Å². The lowest BCUT2D eigenvalue weighted by atomic mass is 9.97. The fraction of sp³-hybridized carbons (Fsp3) is 0.320. The summed E-state index contributed by atoms with van der Waals surface area (Å²) in [6.45, 7) is 4.22. The maximum absolute atomic E-state index is 12.7. The second kappa shape index (κ2) is 9.92. The van der Waals surface area contributed by atoms with Crippen molar-refractivity contribution in [3.63, 3.8) is 0 Å². The molecule has 0 unspecified atom stereocenters. The zero-order valence-electron chi connectivity index (χ0n) is 17.7. The van der Waals surface area contributed by atoms with Gasteiger partial charge in [-0.05, 0) is 49.4 Å². The second-order valence-electron chi connectivity index (χ2n) is 8.09. The minimum absolute atomic E-state index is 0.0423. The number of rotatable bonds is 6. The lowest BCUT2D eigenvalue weighted by Gasteiger charge is -2.32. The molecule has 0 saturated carbocycles. The normalized spacial score (nSPS) is 16.2. The SMILES string of the molecule is Cc1ccc(-c2cnc(N3CCC[C@H](C(=O)NCCc4ccc(Cl)cc4)C3)nc2)cc1. The summed E-state index contributed by atoms with van der Waals surface area (Å²) >= 11 is 5.92. The number of nitrogens with zero attached hydrogens (tertiary/aromatic N) is 3. The molecule has 1 amide bonds. The molecule has 1 saturated heterocycles. The molecule has 2 heterocycles. The fourth-order valence-electron chi connectivity index (χ4n) is 3.88. The maximum atomic E-state index is 12.7. The number of aryl methyl sites for hydroxylation is 1. The number of benzene rings is 2. The van der Waals surface area contributed by atoms with Crippen molar-refractivity contribution in [2.45, 2.75) is 26.2 Å². The standard InChI is InChI=1S/C25H27ClN4O/c1-18-4-8-20(9-5-18)22-15-28-25(29-16-22)30-14-2-3-21(17-30)24(31)27-13-12-19-6-10-23(26)11-7-19/h4-11,15-16,21H,2-3,12-14,17H2,1H3,(H,27,31)/t21-/m0/s1. The molecule has 0 aliphatic carbocycles. The zero-order chi connectivity index (χ0) is 21.6. The van der Waals surface area contributed by atoms with Crippen molar-refractivity contribution in [2.75, 3.05) is 24.5 Å². The van der Waals surface area contributed by atoms with Crippen LogP contribution in [0, 0.1) is 12.8 Å². The molecule has 0 radical (unpaired) electrons. The monoisotopic (exact) mass is 434 g/mol. The first-order chi connectivity index (χ1) is 15.1. The van der Waals surface area contributed by atoms with Gasteiger partial charge in [-0.3, -0.25) is 4.79 Å². The summed E-state index contributed by atoms with van der Waals surface area (Å²) in [6, 6.07) is 16.1. The number of carbonyl (C=O) groups excluding carboxylic acids is 1. The van der Waals surface area contributed by atoms with E-state index in [2.05, 4.69) is 51.4 Å². The lowest BCUT2D eigenvalue weighted by Crippen LogP contribution is -2.44. The quantitative estimate of drug-likeness (QED) is 0.612. The minimum Gasteiger partial charge on any atom is -0.355 e. The molecule has 1 aliphatic rings. The highest BCUT2D eigenvalue weighted by molar-refractivity contribution is 6.30. The summed E-state index contributed by atoms with van der Waals surface area (Å²) in [4.78, 5) is 24.0. The number of nitrogens with one attached hydrogen (secondary N) is 1. The van der Waals surface area contributed by atoms with E-state index in [-0.39, 0.29) is 11.8 Å². The summed E-state index contributed by atoms with van der Waals surface area (Å²) in [5.74, 6) is 0.754. The van der Waals surface area contributed by atoms with Crippen molar-refractivity contribution >= 4 is 23.5 Å². The fourth-order valence-corrected chi connectivity index (χ4v) is 4.00. The van der Waals surface area contributed by atoms with E-state index >= 15 is 0 Å². The zero-order valence-corrected chi connectivity index (χ0v) is 18.5. The molecule has 2 aromatic carbocycles. The first-order valence-corrected chi connectivity index (χ1v) is 11.1. The van der Waals surface area contributed by atoms with Gasteiger partial charge in [0.05, 0.1) is 5.92 Å². The van der Waals surface area contributed by atoms with Crippen molar-refractivity contribution in [3.05, 3.63) is 77.1 Å². The number of hydrogen-bond acceptors (Lipinski definition) is 4. The van der Waals surface area contributed by atoms with Crippen molar-refractivity contribution < 1.29 is 4.79 Å². The molecule has 0 spiro atoms. The van der Waals surface area contributed by atoms with Crippen LogP contribution in [0.25, 0.3) is 11.1 Å². The molecule has 4 rings (SSSR count). The van der Waals surface area contributed by atoms with E-state index in [0.29, 0.717) is 19.0 Å². The molecule has 31 heavy (non-hydrogen) atoms.